The fourth-order valence-electron chi connectivity index (χ4n) is 2.62. The molecule has 1 aliphatic rings. The highest BCUT2D eigenvalue weighted by Gasteiger charge is 2.24. The quantitative estimate of drug-likeness (QED) is 0.409. The Morgan fingerprint density at radius 2 is 2.20 bits per heavy atom. The van der Waals surface area contributed by atoms with E-state index in [9.17, 15) is 0 Å². The third kappa shape index (κ3) is 6.84. The minimum atomic E-state index is 0.633. The average Bonchev–Trinajstić information content (AvgIpc) is 2.82. The monoisotopic (exact) mass is 300 g/mol. The molecule has 5 heteroatoms. The van der Waals surface area contributed by atoms with Crippen LogP contribution in [0.4, 0.5) is 0 Å². The SMILES string of the molecule is CCNC(=NC[C@H]1CCCN1CC(C)C)NCCSC. The zero-order valence-corrected chi connectivity index (χ0v) is 14.4. The van der Waals surface area contributed by atoms with E-state index in [-0.39, 0.29) is 0 Å². The van der Waals surface area contributed by atoms with Crippen molar-refractivity contribution in [2.45, 2.75) is 39.7 Å². The summed E-state index contributed by atoms with van der Waals surface area (Å²) in [4.78, 5) is 7.38. The summed E-state index contributed by atoms with van der Waals surface area (Å²) in [6, 6.07) is 0.633. The van der Waals surface area contributed by atoms with Crippen molar-refractivity contribution in [2.75, 3.05) is 44.7 Å². The van der Waals surface area contributed by atoms with Gasteiger partial charge in [-0.05, 0) is 38.5 Å². The molecule has 1 heterocycles. The molecule has 1 saturated heterocycles. The van der Waals surface area contributed by atoms with Crippen LogP contribution in [0.25, 0.3) is 0 Å². The largest absolute Gasteiger partial charge is 0.357 e. The highest BCUT2D eigenvalue weighted by Crippen LogP contribution is 2.18. The number of nitrogens with zero attached hydrogens (tertiary/aromatic N) is 2. The van der Waals surface area contributed by atoms with E-state index in [1.54, 1.807) is 0 Å². The smallest absolute Gasteiger partial charge is 0.191 e. The van der Waals surface area contributed by atoms with Crippen LogP contribution in [0, 0.1) is 5.92 Å². The van der Waals surface area contributed by atoms with E-state index in [0.717, 1.165) is 37.3 Å². The number of hydrogen-bond acceptors (Lipinski definition) is 3. The number of hydrogen-bond donors (Lipinski definition) is 2. The van der Waals surface area contributed by atoms with Gasteiger partial charge in [-0.2, -0.15) is 11.8 Å². The molecular formula is C15H32N4S. The van der Waals surface area contributed by atoms with Crippen molar-refractivity contribution in [3.05, 3.63) is 0 Å². The summed E-state index contributed by atoms with van der Waals surface area (Å²) in [6.07, 6.45) is 4.75. The van der Waals surface area contributed by atoms with E-state index in [1.807, 2.05) is 11.8 Å². The van der Waals surface area contributed by atoms with Gasteiger partial charge in [0.25, 0.3) is 0 Å². The molecule has 1 fully saturated rings. The van der Waals surface area contributed by atoms with Crippen LogP contribution >= 0.6 is 11.8 Å². The molecule has 0 aromatic rings. The molecule has 118 valence electrons. The summed E-state index contributed by atoms with van der Waals surface area (Å²) < 4.78 is 0. The van der Waals surface area contributed by atoms with E-state index in [0.29, 0.717) is 6.04 Å². The fraction of sp³-hybridized carbons (Fsp3) is 0.933. The van der Waals surface area contributed by atoms with Gasteiger partial charge in [0.2, 0.25) is 0 Å². The Morgan fingerprint density at radius 3 is 2.85 bits per heavy atom. The third-order valence-electron chi connectivity index (χ3n) is 3.50. The summed E-state index contributed by atoms with van der Waals surface area (Å²) >= 11 is 1.86. The van der Waals surface area contributed by atoms with Crippen LogP contribution in [0.5, 0.6) is 0 Å². The van der Waals surface area contributed by atoms with Crippen molar-refractivity contribution in [3.63, 3.8) is 0 Å². The van der Waals surface area contributed by atoms with Crippen LogP contribution in [0.3, 0.4) is 0 Å². The second-order valence-corrected chi connectivity index (χ2v) is 6.81. The van der Waals surface area contributed by atoms with Gasteiger partial charge in [-0.15, -0.1) is 0 Å². The molecule has 0 bridgehead atoms. The molecular weight excluding hydrogens is 268 g/mol. The molecule has 0 radical (unpaired) electrons. The lowest BCUT2D eigenvalue weighted by molar-refractivity contribution is 0.231. The first kappa shape index (κ1) is 17.6. The topological polar surface area (TPSA) is 39.7 Å². The van der Waals surface area contributed by atoms with Gasteiger partial charge < -0.3 is 10.6 Å². The summed E-state index contributed by atoms with van der Waals surface area (Å²) in [6.45, 7) is 12.0. The van der Waals surface area contributed by atoms with Gasteiger partial charge in [0.15, 0.2) is 5.96 Å². The van der Waals surface area contributed by atoms with E-state index in [4.69, 9.17) is 4.99 Å². The average molecular weight is 301 g/mol. The molecule has 0 aliphatic carbocycles. The summed E-state index contributed by atoms with van der Waals surface area (Å²) in [5, 5.41) is 6.73. The van der Waals surface area contributed by atoms with Crippen LogP contribution in [-0.4, -0.2) is 61.6 Å². The lowest BCUT2D eigenvalue weighted by Gasteiger charge is -2.25. The Bertz CT molecular complexity index is 281. The van der Waals surface area contributed by atoms with Gasteiger partial charge in [-0.25, -0.2) is 0 Å². The predicted molar refractivity (Wildman–Crippen MR) is 91.8 cm³/mol. The third-order valence-corrected chi connectivity index (χ3v) is 4.11. The first-order valence-corrected chi connectivity index (χ1v) is 9.31. The first-order chi connectivity index (χ1) is 9.67. The molecule has 1 atom stereocenters. The maximum atomic E-state index is 4.77. The number of guanidine groups is 1. The summed E-state index contributed by atoms with van der Waals surface area (Å²) in [7, 11) is 0. The number of nitrogens with one attached hydrogen (secondary N) is 2. The lowest BCUT2D eigenvalue weighted by Crippen LogP contribution is -2.40. The van der Waals surface area contributed by atoms with Gasteiger partial charge in [-0.3, -0.25) is 9.89 Å². The van der Waals surface area contributed by atoms with Gasteiger partial charge in [0, 0.05) is 31.4 Å². The second kappa shape index (κ2) is 10.3. The molecule has 0 spiro atoms. The predicted octanol–water partition coefficient (Wildman–Crippen LogP) is 2.02. The Labute approximate surface area is 129 Å². The molecule has 0 unspecified atom stereocenters. The van der Waals surface area contributed by atoms with E-state index >= 15 is 0 Å². The summed E-state index contributed by atoms with van der Waals surface area (Å²) in [5.41, 5.74) is 0. The highest BCUT2D eigenvalue weighted by molar-refractivity contribution is 7.98. The Hall–Kier alpha value is -0.420. The van der Waals surface area contributed by atoms with Crippen LogP contribution in [0.1, 0.15) is 33.6 Å². The van der Waals surface area contributed by atoms with Crippen molar-refractivity contribution >= 4 is 17.7 Å². The molecule has 1 aliphatic heterocycles. The second-order valence-electron chi connectivity index (χ2n) is 5.82. The van der Waals surface area contributed by atoms with Gasteiger partial charge >= 0.3 is 0 Å². The molecule has 1 rings (SSSR count). The molecule has 0 aromatic heterocycles. The Kier molecular flexibility index (Phi) is 9.10. The standard InChI is InChI=1S/C15H32N4S/c1-5-16-15(17-8-10-20-4)18-11-14-7-6-9-19(14)12-13(2)3/h13-14H,5-12H2,1-4H3,(H2,16,17,18)/t14-/m1/s1. The molecule has 0 aromatic carbocycles. The summed E-state index contributed by atoms with van der Waals surface area (Å²) in [5.74, 6) is 2.83. The van der Waals surface area contributed by atoms with Crippen molar-refractivity contribution in [1.29, 1.82) is 0 Å². The van der Waals surface area contributed by atoms with Crippen LogP contribution in [0.15, 0.2) is 4.99 Å². The van der Waals surface area contributed by atoms with Crippen molar-refractivity contribution in [2.24, 2.45) is 10.9 Å². The molecule has 0 saturated carbocycles. The van der Waals surface area contributed by atoms with Crippen LogP contribution < -0.4 is 10.6 Å². The van der Waals surface area contributed by atoms with E-state index < -0.39 is 0 Å². The maximum Gasteiger partial charge on any atom is 0.191 e. The van der Waals surface area contributed by atoms with Crippen LogP contribution in [0.2, 0.25) is 0 Å². The first-order valence-electron chi connectivity index (χ1n) is 7.92. The van der Waals surface area contributed by atoms with E-state index in [1.165, 1.54) is 25.9 Å². The van der Waals surface area contributed by atoms with Crippen molar-refractivity contribution < 1.29 is 0 Å². The number of aliphatic imine (C=N–C) groups is 1. The molecule has 0 amide bonds. The number of rotatable bonds is 8. The van der Waals surface area contributed by atoms with Gasteiger partial charge in [0.1, 0.15) is 0 Å². The fourth-order valence-corrected chi connectivity index (χ4v) is 2.93. The van der Waals surface area contributed by atoms with Crippen molar-refractivity contribution in [1.82, 2.24) is 15.5 Å². The van der Waals surface area contributed by atoms with Gasteiger partial charge in [0.05, 0.1) is 6.54 Å². The minimum absolute atomic E-state index is 0.633. The Balaban J connectivity index is 2.43. The zero-order valence-electron chi connectivity index (χ0n) is 13.6. The van der Waals surface area contributed by atoms with Crippen LogP contribution in [-0.2, 0) is 0 Å². The highest BCUT2D eigenvalue weighted by atomic mass is 32.2. The Morgan fingerprint density at radius 1 is 1.40 bits per heavy atom. The maximum absolute atomic E-state index is 4.77. The van der Waals surface area contributed by atoms with Crippen molar-refractivity contribution in [3.8, 4) is 0 Å². The number of likely N-dealkylation sites (tertiary alicyclic amines) is 1. The van der Waals surface area contributed by atoms with E-state index in [2.05, 4.69) is 42.6 Å². The molecule has 20 heavy (non-hydrogen) atoms. The number of thioether (sulfide) groups is 1. The minimum Gasteiger partial charge on any atom is -0.357 e. The normalized spacial score (nSPS) is 20.6. The molecule has 4 nitrogen and oxygen atoms in total. The lowest BCUT2D eigenvalue weighted by atomic mass is 10.2. The zero-order chi connectivity index (χ0) is 14.8. The molecule has 2 N–H and O–H groups in total. The van der Waals surface area contributed by atoms with Gasteiger partial charge in [-0.1, -0.05) is 13.8 Å².